The summed E-state index contributed by atoms with van der Waals surface area (Å²) < 4.78 is 14.5. The van der Waals surface area contributed by atoms with Crippen LogP contribution in [0.15, 0.2) is 0 Å². The van der Waals surface area contributed by atoms with E-state index in [-0.39, 0.29) is 31.1 Å². The molecule has 0 aromatic heterocycles. The average molecular weight is 345 g/mol. The molecule has 9 nitrogen and oxygen atoms in total. The number of nitrogens with two attached hydrogens (primary N) is 1. The van der Waals surface area contributed by atoms with Gasteiger partial charge in [0.1, 0.15) is 6.04 Å². The lowest BCUT2D eigenvalue weighted by Gasteiger charge is -2.19. The van der Waals surface area contributed by atoms with Crippen LogP contribution in [0.25, 0.3) is 0 Å². The second kappa shape index (κ2) is 11.1. The zero-order valence-corrected chi connectivity index (χ0v) is 14.4. The van der Waals surface area contributed by atoms with E-state index >= 15 is 0 Å². The number of Topliss-reactive ketones (excluding diaryl/α,β-unsaturated/α-hetero) is 1. The molecule has 0 saturated heterocycles. The highest BCUT2D eigenvalue weighted by atomic mass is 16.7. The first-order chi connectivity index (χ1) is 11.2. The Kier molecular flexibility index (Phi) is 10.0. The van der Waals surface area contributed by atoms with E-state index in [9.17, 15) is 19.2 Å². The Hall–Kier alpha value is -2.45. The summed E-state index contributed by atoms with van der Waals surface area (Å²) in [4.78, 5) is 46.2. The van der Waals surface area contributed by atoms with Crippen LogP contribution in [-0.2, 0) is 28.6 Å². The SMILES string of the molecule is CCOC(=O)C(CCC(=O)C=[NH2+])NC(=O)OC(C)OC(=O)C(C)C. The minimum Gasteiger partial charge on any atom is -0.464 e. The smallest absolute Gasteiger partial charge is 0.410 e. The van der Waals surface area contributed by atoms with Crippen molar-refractivity contribution in [3.8, 4) is 0 Å². The van der Waals surface area contributed by atoms with Crippen molar-refractivity contribution in [2.24, 2.45) is 5.92 Å². The van der Waals surface area contributed by atoms with Gasteiger partial charge in [-0.2, -0.15) is 0 Å². The second-order valence-corrected chi connectivity index (χ2v) is 5.19. The summed E-state index contributed by atoms with van der Waals surface area (Å²) in [7, 11) is 0. The molecule has 0 bridgehead atoms. The third-order valence-electron chi connectivity index (χ3n) is 2.76. The van der Waals surface area contributed by atoms with E-state index in [1.54, 1.807) is 20.8 Å². The van der Waals surface area contributed by atoms with Gasteiger partial charge in [0.2, 0.25) is 18.3 Å². The third kappa shape index (κ3) is 8.86. The fourth-order valence-corrected chi connectivity index (χ4v) is 1.51. The molecule has 0 rings (SSSR count). The molecule has 0 aromatic carbocycles. The van der Waals surface area contributed by atoms with Crippen molar-refractivity contribution in [2.45, 2.75) is 52.9 Å². The summed E-state index contributed by atoms with van der Waals surface area (Å²) in [5, 5.41) is 7.36. The quantitative estimate of drug-likeness (QED) is 0.306. The highest BCUT2D eigenvalue weighted by Crippen LogP contribution is 2.05. The zero-order valence-electron chi connectivity index (χ0n) is 14.4. The minimum absolute atomic E-state index is 0.000624. The molecule has 2 unspecified atom stereocenters. The maximum absolute atomic E-state index is 11.8. The Bertz CT molecular complexity index is 476. The van der Waals surface area contributed by atoms with Gasteiger partial charge in [0.25, 0.3) is 0 Å². The second-order valence-electron chi connectivity index (χ2n) is 5.19. The van der Waals surface area contributed by atoms with E-state index in [2.05, 4.69) is 5.32 Å². The summed E-state index contributed by atoms with van der Waals surface area (Å²) >= 11 is 0. The number of rotatable bonds is 10. The summed E-state index contributed by atoms with van der Waals surface area (Å²) in [6, 6.07) is -1.07. The molecule has 136 valence electrons. The molecular formula is C15H25N2O7+. The number of ether oxygens (including phenoxy) is 3. The number of hydrogen-bond acceptors (Lipinski definition) is 7. The molecule has 0 radical (unpaired) electrons. The lowest BCUT2D eigenvalue weighted by molar-refractivity contribution is -0.169. The monoisotopic (exact) mass is 345 g/mol. The van der Waals surface area contributed by atoms with Crippen LogP contribution in [0.3, 0.4) is 0 Å². The average Bonchev–Trinajstić information content (AvgIpc) is 2.50. The predicted octanol–water partition coefficient (Wildman–Crippen LogP) is -0.631. The van der Waals surface area contributed by atoms with E-state index in [0.717, 1.165) is 6.21 Å². The Morgan fingerprint density at radius 3 is 2.21 bits per heavy atom. The molecule has 0 aliphatic rings. The van der Waals surface area contributed by atoms with Crippen LogP contribution in [0.4, 0.5) is 4.79 Å². The maximum Gasteiger partial charge on any atom is 0.410 e. The standard InChI is InChI=1S/C15H24N2O7/c1-5-22-14(20)12(7-6-11(18)8-16)17-15(21)24-10(4)23-13(19)9(2)3/h8-10,12,16H,5-7H2,1-4H3,(H,17,21)/p+1. The van der Waals surface area contributed by atoms with Gasteiger partial charge < -0.3 is 19.5 Å². The highest BCUT2D eigenvalue weighted by molar-refractivity contribution is 6.24. The lowest BCUT2D eigenvalue weighted by atomic mass is 10.1. The number of esters is 2. The van der Waals surface area contributed by atoms with Crippen LogP contribution < -0.4 is 10.7 Å². The molecule has 0 heterocycles. The number of nitrogens with one attached hydrogen (secondary N) is 1. The first-order valence-electron chi connectivity index (χ1n) is 7.63. The van der Waals surface area contributed by atoms with Gasteiger partial charge in [0.05, 0.1) is 12.5 Å². The fraction of sp³-hybridized carbons (Fsp3) is 0.667. The molecule has 24 heavy (non-hydrogen) atoms. The first-order valence-corrected chi connectivity index (χ1v) is 7.63. The molecule has 0 fully saturated rings. The fourth-order valence-electron chi connectivity index (χ4n) is 1.51. The number of hydrogen-bond donors (Lipinski definition) is 2. The number of amides is 1. The molecule has 9 heteroatoms. The van der Waals surface area contributed by atoms with Crippen LogP contribution in [0.5, 0.6) is 0 Å². The van der Waals surface area contributed by atoms with Gasteiger partial charge in [-0.1, -0.05) is 13.8 Å². The van der Waals surface area contributed by atoms with E-state index in [1.807, 2.05) is 0 Å². The van der Waals surface area contributed by atoms with Crippen LogP contribution in [0.1, 0.15) is 40.5 Å². The van der Waals surface area contributed by atoms with Crippen molar-refractivity contribution in [2.75, 3.05) is 6.61 Å². The summed E-state index contributed by atoms with van der Waals surface area (Å²) in [5.41, 5.74) is 0. The summed E-state index contributed by atoms with van der Waals surface area (Å²) in [6.07, 6.45) is -1.25. The molecule has 0 saturated carbocycles. The van der Waals surface area contributed by atoms with Crippen LogP contribution in [0, 0.1) is 5.92 Å². The molecule has 0 aliphatic heterocycles. The van der Waals surface area contributed by atoms with Crippen molar-refractivity contribution in [1.82, 2.24) is 5.32 Å². The molecular weight excluding hydrogens is 320 g/mol. The summed E-state index contributed by atoms with van der Waals surface area (Å²) in [5.74, 6) is -1.98. The predicted molar refractivity (Wildman–Crippen MR) is 82.7 cm³/mol. The van der Waals surface area contributed by atoms with Gasteiger partial charge in [-0.25, -0.2) is 9.59 Å². The summed E-state index contributed by atoms with van der Waals surface area (Å²) in [6.45, 7) is 6.37. The molecule has 0 aliphatic carbocycles. The Balaban J connectivity index is 4.61. The van der Waals surface area contributed by atoms with Gasteiger partial charge >= 0.3 is 18.0 Å². The normalized spacial score (nSPS) is 12.7. The number of ketones is 1. The zero-order chi connectivity index (χ0) is 18.7. The molecule has 0 aromatic rings. The molecule has 1 amide bonds. The Morgan fingerprint density at radius 1 is 1.08 bits per heavy atom. The largest absolute Gasteiger partial charge is 0.464 e. The lowest BCUT2D eigenvalue weighted by Crippen LogP contribution is -2.44. The number of alkyl carbamates (subject to hydrolysis) is 1. The van der Waals surface area contributed by atoms with Crippen molar-refractivity contribution in [3.05, 3.63) is 0 Å². The van der Waals surface area contributed by atoms with Gasteiger partial charge in [0.15, 0.2) is 0 Å². The number of carbonyl (C=O) groups excluding carboxylic acids is 4. The van der Waals surface area contributed by atoms with E-state index < -0.39 is 30.4 Å². The van der Waals surface area contributed by atoms with Crippen molar-refractivity contribution in [3.63, 3.8) is 0 Å². The van der Waals surface area contributed by atoms with Gasteiger partial charge in [-0.15, -0.1) is 0 Å². The maximum atomic E-state index is 11.8. The van der Waals surface area contributed by atoms with Crippen molar-refractivity contribution < 1.29 is 38.8 Å². The molecule has 3 N–H and O–H groups in total. The van der Waals surface area contributed by atoms with Crippen molar-refractivity contribution in [1.29, 1.82) is 0 Å². The van der Waals surface area contributed by atoms with Gasteiger partial charge in [-0.05, 0) is 13.3 Å². The Labute approximate surface area is 140 Å². The molecule has 0 spiro atoms. The van der Waals surface area contributed by atoms with Crippen LogP contribution >= 0.6 is 0 Å². The van der Waals surface area contributed by atoms with E-state index in [1.165, 1.54) is 6.92 Å². The Morgan fingerprint density at radius 2 is 1.71 bits per heavy atom. The minimum atomic E-state index is -1.12. The van der Waals surface area contributed by atoms with E-state index in [0.29, 0.717) is 0 Å². The third-order valence-corrected chi connectivity index (χ3v) is 2.76. The van der Waals surface area contributed by atoms with E-state index in [4.69, 9.17) is 19.6 Å². The van der Waals surface area contributed by atoms with Gasteiger partial charge in [0, 0.05) is 13.3 Å². The van der Waals surface area contributed by atoms with Crippen LogP contribution in [-0.4, -0.2) is 49.0 Å². The topological polar surface area (TPSA) is 134 Å². The highest BCUT2D eigenvalue weighted by Gasteiger charge is 2.25. The first kappa shape index (κ1) is 21.6. The van der Waals surface area contributed by atoms with Gasteiger partial charge in [-0.3, -0.25) is 15.0 Å². The molecule has 2 atom stereocenters. The van der Waals surface area contributed by atoms with Crippen LogP contribution in [0.2, 0.25) is 0 Å². The van der Waals surface area contributed by atoms with Crippen molar-refractivity contribution >= 4 is 30.0 Å². The number of carbonyl (C=O) groups is 4.